The molecule has 1 fully saturated rings. The van der Waals surface area contributed by atoms with Crippen LogP contribution in [0.1, 0.15) is 38.7 Å². The smallest absolute Gasteiger partial charge is 0.253 e. The summed E-state index contributed by atoms with van der Waals surface area (Å²) in [5.74, 6) is -0.0953. The minimum Gasteiger partial charge on any atom is -0.338 e. The summed E-state index contributed by atoms with van der Waals surface area (Å²) in [5.41, 5.74) is 3.21. The second-order valence-corrected chi connectivity index (χ2v) is 7.79. The first-order chi connectivity index (χ1) is 11.9. The van der Waals surface area contributed by atoms with Crippen LogP contribution in [-0.4, -0.2) is 29.6 Å². The molecular formula is C20H21F2NOS. The summed E-state index contributed by atoms with van der Waals surface area (Å²) < 4.78 is 27.5. The van der Waals surface area contributed by atoms with Crippen LogP contribution in [0.4, 0.5) is 8.78 Å². The van der Waals surface area contributed by atoms with Gasteiger partial charge >= 0.3 is 0 Å². The Morgan fingerprint density at radius 1 is 1.08 bits per heavy atom. The van der Waals surface area contributed by atoms with Gasteiger partial charge in [-0.3, -0.25) is 4.79 Å². The second kappa shape index (κ2) is 7.56. The zero-order valence-corrected chi connectivity index (χ0v) is 15.2. The summed E-state index contributed by atoms with van der Waals surface area (Å²) in [6.45, 7) is 5.11. The first-order valence-electron chi connectivity index (χ1n) is 8.38. The molecule has 0 N–H and O–H groups in total. The summed E-state index contributed by atoms with van der Waals surface area (Å²) in [4.78, 5) is 14.6. The van der Waals surface area contributed by atoms with Gasteiger partial charge in [-0.15, -0.1) is 0 Å². The molecule has 1 amide bonds. The molecule has 1 unspecified atom stereocenters. The van der Waals surface area contributed by atoms with E-state index in [0.29, 0.717) is 36.4 Å². The van der Waals surface area contributed by atoms with Crippen LogP contribution < -0.4 is 0 Å². The number of benzene rings is 2. The maximum atomic E-state index is 14.0. The molecule has 0 spiro atoms. The van der Waals surface area contributed by atoms with Crippen molar-refractivity contribution in [3.8, 4) is 0 Å². The van der Waals surface area contributed by atoms with Crippen molar-refractivity contribution >= 4 is 17.7 Å². The molecule has 1 aliphatic heterocycles. The maximum absolute atomic E-state index is 14.0. The standard InChI is InChI=1S/C20H21F2NOS/c1-13-9-14(2)11-15(10-13)20(24)23-6-5-19(25-8-7-23)17-12-16(21)3-4-18(17)22/h3-4,9-12,19H,5-8H2,1-2H3. The van der Waals surface area contributed by atoms with E-state index in [1.54, 1.807) is 11.8 Å². The normalized spacial score (nSPS) is 18.1. The highest BCUT2D eigenvalue weighted by atomic mass is 32.2. The summed E-state index contributed by atoms with van der Waals surface area (Å²) in [7, 11) is 0. The molecule has 0 aromatic heterocycles. The Morgan fingerprint density at radius 2 is 1.80 bits per heavy atom. The van der Waals surface area contributed by atoms with Gasteiger partial charge in [0.1, 0.15) is 11.6 Å². The van der Waals surface area contributed by atoms with Crippen molar-refractivity contribution < 1.29 is 13.6 Å². The van der Waals surface area contributed by atoms with E-state index in [9.17, 15) is 13.6 Å². The number of amides is 1. The largest absolute Gasteiger partial charge is 0.338 e. The molecule has 132 valence electrons. The average molecular weight is 361 g/mol. The highest BCUT2D eigenvalue weighted by Crippen LogP contribution is 2.36. The molecule has 25 heavy (non-hydrogen) atoms. The van der Waals surface area contributed by atoms with Crippen molar-refractivity contribution in [1.82, 2.24) is 4.90 Å². The molecule has 1 heterocycles. The van der Waals surface area contributed by atoms with E-state index >= 15 is 0 Å². The van der Waals surface area contributed by atoms with E-state index in [-0.39, 0.29) is 17.0 Å². The first-order valence-corrected chi connectivity index (χ1v) is 9.43. The van der Waals surface area contributed by atoms with E-state index in [1.807, 2.05) is 36.9 Å². The molecule has 1 saturated heterocycles. The lowest BCUT2D eigenvalue weighted by Crippen LogP contribution is -2.33. The van der Waals surface area contributed by atoms with E-state index in [0.717, 1.165) is 17.2 Å². The van der Waals surface area contributed by atoms with Crippen molar-refractivity contribution in [3.63, 3.8) is 0 Å². The van der Waals surface area contributed by atoms with Crippen LogP contribution in [-0.2, 0) is 0 Å². The highest BCUT2D eigenvalue weighted by Gasteiger charge is 2.25. The predicted octanol–water partition coefficient (Wildman–Crippen LogP) is 4.90. The summed E-state index contributed by atoms with van der Waals surface area (Å²) in [6, 6.07) is 9.42. The summed E-state index contributed by atoms with van der Waals surface area (Å²) in [5, 5.41) is -0.132. The Balaban J connectivity index is 1.75. The van der Waals surface area contributed by atoms with Crippen LogP contribution in [0.25, 0.3) is 0 Å². The Labute approximate surface area is 151 Å². The molecule has 3 rings (SSSR count). The van der Waals surface area contributed by atoms with Crippen LogP contribution >= 0.6 is 11.8 Å². The van der Waals surface area contributed by atoms with Crippen LogP contribution in [0, 0.1) is 25.5 Å². The van der Waals surface area contributed by atoms with Gasteiger partial charge in [-0.1, -0.05) is 17.2 Å². The van der Waals surface area contributed by atoms with Crippen LogP contribution in [0.2, 0.25) is 0 Å². The Kier molecular flexibility index (Phi) is 5.42. The predicted molar refractivity (Wildman–Crippen MR) is 98.0 cm³/mol. The summed E-state index contributed by atoms with van der Waals surface area (Å²) in [6.07, 6.45) is 0.613. The maximum Gasteiger partial charge on any atom is 0.253 e. The fraction of sp³-hybridized carbons (Fsp3) is 0.350. The van der Waals surface area contributed by atoms with Gasteiger partial charge in [-0.25, -0.2) is 8.78 Å². The number of carbonyl (C=O) groups excluding carboxylic acids is 1. The van der Waals surface area contributed by atoms with Crippen molar-refractivity contribution in [2.45, 2.75) is 25.5 Å². The van der Waals surface area contributed by atoms with Crippen molar-refractivity contribution in [3.05, 3.63) is 70.3 Å². The number of hydrogen-bond acceptors (Lipinski definition) is 2. The van der Waals surface area contributed by atoms with Crippen LogP contribution in [0.15, 0.2) is 36.4 Å². The lowest BCUT2D eigenvalue weighted by atomic mass is 10.1. The van der Waals surface area contributed by atoms with Gasteiger partial charge in [0.05, 0.1) is 0 Å². The summed E-state index contributed by atoms with van der Waals surface area (Å²) >= 11 is 1.58. The minimum absolute atomic E-state index is 0.00719. The van der Waals surface area contributed by atoms with Gasteiger partial charge < -0.3 is 4.90 Å². The topological polar surface area (TPSA) is 20.3 Å². The molecule has 5 heteroatoms. The zero-order chi connectivity index (χ0) is 18.0. The van der Waals surface area contributed by atoms with E-state index in [1.165, 1.54) is 12.1 Å². The first kappa shape index (κ1) is 17.9. The zero-order valence-electron chi connectivity index (χ0n) is 14.4. The molecule has 0 bridgehead atoms. The van der Waals surface area contributed by atoms with E-state index < -0.39 is 5.82 Å². The van der Waals surface area contributed by atoms with Gasteiger partial charge in [-0.05, 0) is 50.6 Å². The number of hydrogen-bond donors (Lipinski definition) is 0. The molecule has 2 aromatic carbocycles. The van der Waals surface area contributed by atoms with Gasteiger partial charge in [0.25, 0.3) is 5.91 Å². The molecule has 2 nitrogen and oxygen atoms in total. The van der Waals surface area contributed by atoms with Crippen molar-refractivity contribution in [2.24, 2.45) is 0 Å². The number of halogens is 2. The monoisotopic (exact) mass is 361 g/mol. The molecule has 1 aliphatic rings. The van der Waals surface area contributed by atoms with Gasteiger partial charge in [-0.2, -0.15) is 11.8 Å². The third-order valence-electron chi connectivity index (χ3n) is 4.40. The molecule has 0 saturated carbocycles. The molecule has 2 aromatic rings. The van der Waals surface area contributed by atoms with Crippen LogP contribution in [0.5, 0.6) is 0 Å². The molecule has 0 radical (unpaired) electrons. The van der Waals surface area contributed by atoms with Crippen LogP contribution in [0.3, 0.4) is 0 Å². The Bertz CT molecular complexity index is 773. The third-order valence-corrected chi connectivity index (χ3v) is 5.71. The van der Waals surface area contributed by atoms with E-state index in [2.05, 4.69) is 0 Å². The number of thioether (sulfide) groups is 1. The second-order valence-electron chi connectivity index (χ2n) is 6.48. The SMILES string of the molecule is Cc1cc(C)cc(C(=O)N2CCSC(c3cc(F)ccc3F)CC2)c1. The minimum atomic E-state index is -0.426. The molecular weight excluding hydrogens is 340 g/mol. The Morgan fingerprint density at radius 3 is 2.52 bits per heavy atom. The van der Waals surface area contributed by atoms with Crippen molar-refractivity contribution in [2.75, 3.05) is 18.8 Å². The fourth-order valence-electron chi connectivity index (χ4n) is 3.26. The lowest BCUT2D eigenvalue weighted by molar-refractivity contribution is 0.0766. The molecule has 0 aliphatic carbocycles. The van der Waals surface area contributed by atoms with Gasteiger partial charge in [0.2, 0.25) is 0 Å². The fourth-order valence-corrected chi connectivity index (χ4v) is 4.51. The van der Waals surface area contributed by atoms with Gasteiger partial charge in [0, 0.05) is 35.2 Å². The quantitative estimate of drug-likeness (QED) is 0.758. The lowest BCUT2D eigenvalue weighted by Gasteiger charge is -2.21. The van der Waals surface area contributed by atoms with Crippen molar-refractivity contribution in [1.29, 1.82) is 0 Å². The average Bonchev–Trinajstić information content (AvgIpc) is 2.81. The number of nitrogens with zero attached hydrogens (tertiary/aromatic N) is 1. The number of rotatable bonds is 2. The highest BCUT2D eigenvalue weighted by molar-refractivity contribution is 7.99. The van der Waals surface area contributed by atoms with E-state index in [4.69, 9.17) is 0 Å². The third kappa shape index (κ3) is 4.21. The molecule has 1 atom stereocenters. The Hall–Kier alpha value is -1.88. The number of aryl methyl sites for hydroxylation is 2. The van der Waals surface area contributed by atoms with Gasteiger partial charge in [0.15, 0.2) is 0 Å². The number of carbonyl (C=O) groups is 1.